The Bertz CT molecular complexity index is 1730. The number of rotatable bonds is 4. The zero-order valence-electron chi connectivity index (χ0n) is 19.3. The molecule has 3 nitrogen and oxygen atoms in total. The molecule has 1 aromatic heterocycles. The topological polar surface area (TPSA) is 42.0 Å². The molecule has 1 heterocycles. The van der Waals surface area contributed by atoms with Gasteiger partial charge in [0.2, 0.25) is 0 Å². The maximum absolute atomic E-state index is 13.5. The van der Waals surface area contributed by atoms with Gasteiger partial charge in [0.15, 0.2) is 0 Å². The molecule has 6 rings (SSSR count). The summed E-state index contributed by atoms with van der Waals surface area (Å²) in [5, 5.41) is 6.30. The van der Waals surface area contributed by atoms with Crippen molar-refractivity contribution in [2.75, 3.05) is 5.32 Å². The van der Waals surface area contributed by atoms with Gasteiger partial charge in [-0.2, -0.15) is 0 Å². The van der Waals surface area contributed by atoms with E-state index in [2.05, 4.69) is 53.8 Å². The molecule has 0 saturated heterocycles. The van der Waals surface area contributed by atoms with Gasteiger partial charge in [-0.1, -0.05) is 78.9 Å². The van der Waals surface area contributed by atoms with E-state index in [-0.39, 0.29) is 11.5 Å². The molecule has 5 aromatic carbocycles. The first-order valence-corrected chi connectivity index (χ1v) is 11.7. The molecule has 0 radical (unpaired) electrons. The first-order chi connectivity index (χ1) is 17.7. The SMILES string of the molecule is O=C(Nc1ccc(-c2cc(-c3ccccc3)c3c(ccc4ccccc43)n2)cc1)c1cccc(F)c1. The minimum absolute atomic E-state index is 0.273. The zero-order valence-corrected chi connectivity index (χ0v) is 19.3. The minimum Gasteiger partial charge on any atom is -0.322 e. The predicted octanol–water partition coefficient (Wildman–Crippen LogP) is 8.11. The molecule has 0 aliphatic heterocycles. The zero-order chi connectivity index (χ0) is 24.5. The smallest absolute Gasteiger partial charge is 0.255 e. The Morgan fingerprint density at radius 2 is 1.47 bits per heavy atom. The Morgan fingerprint density at radius 3 is 2.28 bits per heavy atom. The lowest BCUT2D eigenvalue weighted by Crippen LogP contribution is -2.11. The molecule has 1 N–H and O–H groups in total. The second-order valence-corrected chi connectivity index (χ2v) is 8.64. The molecule has 0 unspecified atom stereocenters. The number of benzene rings is 5. The van der Waals surface area contributed by atoms with E-state index in [1.807, 2.05) is 48.5 Å². The summed E-state index contributed by atoms with van der Waals surface area (Å²) in [6, 6.07) is 38.2. The van der Waals surface area contributed by atoms with Crippen LogP contribution in [0, 0.1) is 5.82 Å². The van der Waals surface area contributed by atoms with E-state index in [1.54, 1.807) is 6.07 Å². The van der Waals surface area contributed by atoms with Crippen LogP contribution in [-0.4, -0.2) is 10.9 Å². The monoisotopic (exact) mass is 468 g/mol. The van der Waals surface area contributed by atoms with Crippen LogP contribution in [0.4, 0.5) is 10.1 Å². The van der Waals surface area contributed by atoms with Crippen LogP contribution >= 0.6 is 0 Å². The molecule has 0 aliphatic rings. The number of fused-ring (bicyclic) bond motifs is 3. The van der Waals surface area contributed by atoms with Gasteiger partial charge in [-0.05, 0) is 64.4 Å². The normalized spacial score (nSPS) is 11.0. The second kappa shape index (κ2) is 9.08. The molecule has 0 aliphatic carbocycles. The largest absolute Gasteiger partial charge is 0.322 e. The minimum atomic E-state index is -0.442. The van der Waals surface area contributed by atoms with Crippen molar-refractivity contribution in [2.45, 2.75) is 0 Å². The predicted molar refractivity (Wildman–Crippen MR) is 144 cm³/mol. The van der Waals surface area contributed by atoms with E-state index >= 15 is 0 Å². The Morgan fingerprint density at radius 1 is 0.694 bits per heavy atom. The number of anilines is 1. The van der Waals surface area contributed by atoms with E-state index in [0.717, 1.165) is 33.3 Å². The van der Waals surface area contributed by atoms with Crippen molar-refractivity contribution in [1.82, 2.24) is 4.98 Å². The number of halogens is 1. The third-order valence-electron chi connectivity index (χ3n) is 6.31. The highest BCUT2D eigenvalue weighted by Gasteiger charge is 2.13. The van der Waals surface area contributed by atoms with Crippen LogP contribution in [0.1, 0.15) is 10.4 Å². The summed E-state index contributed by atoms with van der Waals surface area (Å²) in [5.41, 5.74) is 5.86. The summed E-state index contributed by atoms with van der Waals surface area (Å²) in [4.78, 5) is 17.5. The number of aromatic nitrogens is 1. The molecule has 36 heavy (non-hydrogen) atoms. The summed E-state index contributed by atoms with van der Waals surface area (Å²) in [7, 11) is 0. The summed E-state index contributed by atoms with van der Waals surface area (Å²) < 4.78 is 13.5. The number of hydrogen-bond acceptors (Lipinski definition) is 2. The fraction of sp³-hybridized carbons (Fsp3) is 0. The second-order valence-electron chi connectivity index (χ2n) is 8.64. The lowest BCUT2D eigenvalue weighted by Gasteiger charge is -2.13. The van der Waals surface area contributed by atoms with Crippen molar-refractivity contribution >= 4 is 33.3 Å². The Balaban J connectivity index is 1.41. The van der Waals surface area contributed by atoms with Crippen LogP contribution in [-0.2, 0) is 0 Å². The molecule has 6 aromatic rings. The van der Waals surface area contributed by atoms with E-state index in [9.17, 15) is 9.18 Å². The standard InChI is InChI=1S/C32H21FN2O/c33-25-11-6-10-24(19-25)32(36)34-26-16-13-23(14-17-26)30-20-28(21-7-2-1-3-8-21)31-27-12-5-4-9-22(27)15-18-29(31)35-30/h1-20H,(H,34,36). The summed E-state index contributed by atoms with van der Waals surface area (Å²) in [6.07, 6.45) is 0. The van der Waals surface area contributed by atoms with Crippen LogP contribution in [0.25, 0.3) is 44.1 Å². The van der Waals surface area contributed by atoms with Crippen molar-refractivity contribution in [2.24, 2.45) is 0 Å². The quantitative estimate of drug-likeness (QED) is 0.266. The van der Waals surface area contributed by atoms with Crippen molar-refractivity contribution in [3.63, 3.8) is 0 Å². The van der Waals surface area contributed by atoms with Crippen molar-refractivity contribution < 1.29 is 9.18 Å². The molecule has 0 bridgehead atoms. The third kappa shape index (κ3) is 4.10. The number of pyridine rings is 1. The molecular weight excluding hydrogens is 447 g/mol. The molecule has 0 atom stereocenters. The van der Waals surface area contributed by atoms with E-state index in [0.29, 0.717) is 5.69 Å². The van der Waals surface area contributed by atoms with Crippen molar-refractivity contribution in [3.8, 4) is 22.4 Å². The number of carbonyl (C=O) groups excluding carboxylic acids is 1. The maximum atomic E-state index is 13.5. The highest BCUT2D eigenvalue weighted by Crippen LogP contribution is 2.36. The molecule has 0 spiro atoms. The van der Waals surface area contributed by atoms with Crippen LogP contribution in [0.5, 0.6) is 0 Å². The van der Waals surface area contributed by atoms with Crippen LogP contribution in [0.15, 0.2) is 121 Å². The number of carbonyl (C=O) groups is 1. The van der Waals surface area contributed by atoms with E-state index in [1.165, 1.54) is 29.0 Å². The van der Waals surface area contributed by atoms with Crippen LogP contribution in [0.3, 0.4) is 0 Å². The van der Waals surface area contributed by atoms with Crippen LogP contribution in [0.2, 0.25) is 0 Å². The summed E-state index contributed by atoms with van der Waals surface area (Å²) in [5.74, 6) is -0.799. The van der Waals surface area contributed by atoms with Gasteiger partial charge in [-0.3, -0.25) is 4.79 Å². The number of amides is 1. The highest BCUT2D eigenvalue weighted by molar-refractivity contribution is 6.13. The Labute approximate surface area is 207 Å². The van der Waals surface area contributed by atoms with Crippen molar-refractivity contribution in [3.05, 3.63) is 133 Å². The van der Waals surface area contributed by atoms with Gasteiger partial charge < -0.3 is 5.32 Å². The third-order valence-corrected chi connectivity index (χ3v) is 6.31. The lowest BCUT2D eigenvalue weighted by atomic mass is 9.94. The first kappa shape index (κ1) is 21.7. The van der Waals surface area contributed by atoms with Gasteiger partial charge in [0, 0.05) is 22.2 Å². The molecule has 0 fully saturated rings. The molecular formula is C32H21FN2O. The van der Waals surface area contributed by atoms with Gasteiger partial charge >= 0.3 is 0 Å². The maximum Gasteiger partial charge on any atom is 0.255 e. The van der Waals surface area contributed by atoms with E-state index < -0.39 is 5.82 Å². The summed E-state index contributed by atoms with van der Waals surface area (Å²) in [6.45, 7) is 0. The van der Waals surface area contributed by atoms with Gasteiger partial charge in [0.25, 0.3) is 5.91 Å². The lowest BCUT2D eigenvalue weighted by molar-refractivity contribution is 0.102. The van der Waals surface area contributed by atoms with Gasteiger partial charge in [-0.25, -0.2) is 9.37 Å². The molecule has 0 saturated carbocycles. The molecule has 4 heteroatoms. The Hall–Kier alpha value is -4.83. The average Bonchev–Trinajstić information content (AvgIpc) is 2.93. The number of hydrogen-bond donors (Lipinski definition) is 1. The summed E-state index contributed by atoms with van der Waals surface area (Å²) >= 11 is 0. The van der Waals surface area contributed by atoms with Crippen LogP contribution < -0.4 is 5.32 Å². The highest BCUT2D eigenvalue weighted by atomic mass is 19.1. The number of nitrogens with zero attached hydrogens (tertiary/aromatic N) is 1. The van der Waals surface area contributed by atoms with Gasteiger partial charge in [0.1, 0.15) is 5.82 Å². The fourth-order valence-corrected chi connectivity index (χ4v) is 4.56. The van der Waals surface area contributed by atoms with Gasteiger partial charge in [-0.15, -0.1) is 0 Å². The molecule has 172 valence electrons. The van der Waals surface area contributed by atoms with Crippen molar-refractivity contribution in [1.29, 1.82) is 0 Å². The average molecular weight is 469 g/mol. The van der Waals surface area contributed by atoms with E-state index in [4.69, 9.17) is 4.98 Å². The van der Waals surface area contributed by atoms with Gasteiger partial charge in [0.05, 0.1) is 11.2 Å². The molecule has 1 amide bonds. The number of nitrogens with one attached hydrogen (secondary N) is 1. The Kier molecular flexibility index (Phi) is 5.47. The fourth-order valence-electron chi connectivity index (χ4n) is 4.56. The first-order valence-electron chi connectivity index (χ1n) is 11.7.